The molecule has 20 N–H and O–H groups in total. The predicted molar refractivity (Wildman–Crippen MR) is 264 cm³/mol. The zero-order valence-corrected chi connectivity index (χ0v) is 47.2. The highest BCUT2D eigenvalue weighted by Crippen LogP contribution is 2.43. The molecule has 15 heterocycles. The van der Waals surface area contributed by atoms with Gasteiger partial charge in [0.25, 0.3) is 0 Å². The molecule has 0 aromatic heterocycles. The molecule has 84 heavy (non-hydrogen) atoms. The van der Waals surface area contributed by atoms with Crippen molar-refractivity contribution in [2.45, 2.75) is 254 Å². The Hall–Kier alpha value is -1.18. The van der Waals surface area contributed by atoms with Gasteiger partial charge in [-0.15, -0.1) is 0 Å². The molecule has 15 saturated heterocycles. The van der Waals surface area contributed by atoms with E-state index in [1.54, 1.807) is 13.1 Å². The molecule has 0 aromatic rings. The standard InChI is InChI=1S/C48H84O35Si/c1-48(2,3)84(4,5)83-40-32(68)39-19(12-55)75-47(40)82-38-18(11-54)74-45(31(67)25(38)61)80-36-16(9-52)72-43(29(65)23(36)59)78-34-14(7-50)70-41(27(63)21(34)57)76-33-13(6-49)69-42(26(62)20(33)56)77-35-15(8-51)71-44(28(64)22(35)58)79-37-17(10-53)73-46(81-39)30(66)24(37)60/h13-47,49-68H,6-12H2,1-5H3/t13-,14-,15-,16-,17-,18-,19-,20-,21+,22-,23+,24-,25+,26-,27+,28-,29+,30-,31+,32+,33-,34-,35-,36-,37-,38-,39-,40-,41-,42-,43-,44-,45-,46-,47-/m1/s1. The quantitative estimate of drug-likeness (QED) is 0.0953. The van der Waals surface area contributed by atoms with Gasteiger partial charge in [0.2, 0.25) is 0 Å². The fourth-order valence-corrected chi connectivity index (χ4v) is 12.3. The van der Waals surface area contributed by atoms with Crippen LogP contribution in [0.2, 0.25) is 18.1 Å². The maximum absolute atomic E-state index is 12.3. The van der Waals surface area contributed by atoms with Gasteiger partial charge < -0.3 is 173 Å². The van der Waals surface area contributed by atoms with E-state index in [1.165, 1.54) is 0 Å². The van der Waals surface area contributed by atoms with Crippen molar-refractivity contribution in [3.05, 3.63) is 0 Å². The molecule has 15 rings (SSSR count). The average Bonchev–Trinajstić information content (AvgIpc) is 1.42. The van der Waals surface area contributed by atoms with Gasteiger partial charge in [-0.05, 0) is 18.1 Å². The second-order valence-corrected chi connectivity index (χ2v) is 28.3. The maximum atomic E-state index is 12.3. The third kappa shape index (κ3) is 13.6. The number of hydrogen-bond acceptors (Lipinski definition) is 35. The summed E-state index contributed by atoms with van der Waals surface area (Å²) < 4.78 is 88.5. The van der Waals surface area contributed by atoms with Crippen molar-refractivity contribution >= 4 is 8.32 Å². The van der Waals surface area contributed by atoms with Gasteiger partial charge in [0.15, 0.2) is 52.3 Å². The Labute approximate surface area is 480 Å². The highest BCUT2D eigenvalue weighted by atomic mass is 28.4. The lowest BCUT2D eigenvalue weighted by Crippen LogP contribution is -2.69. The van der Waals surface area contributed by atoms with E-state index in [1.807, 2.05) is 20.8 Å². The Morgan fingerprint density at radius 1 is 0.262 bits per heavy atom. The van der Waals surface area contributed by atoms with Crippen LogP contribution < -0.4 is 0 Å². The van der Waals surface area contributed by atoms with Crippen LogP contribution in [0, 0.1) is 0 Å². The van der Waals surface area contributed by atoms with Gasteiger partial charge in [-0.2, -0.15) is 0 Å². The van der Waals surface area contributed by atoms with Crippen molar-refractivity contribution in [3.8, 4) is 0 Å². The lowest BCUT2D eigenvalue weighted by molar-refractivity contribution is -0.396. The van der Waals surface area contributed by atoms with E-state index in [-0.39, 0.29) is 0 Å². The lowest BCUT2D eigenvalue weighted by Gasteiger charge is -2.52. The van der Waals surface area contributed by atoms with E-state index in [0.717, 1.165) is 0 Å². The van der Waals surface area contributed by atoms with Crippen LogP contribution in [0.15, 0.2) is 0 Å². The summed E-state index contributed by atoms with van der Waals surface area (Å²) in [6.45, 7) is 1.88. The molecule has 0 radical (unpaired) electrons. The Bertz CT molecular complexity index is 2040. The molecule has 0 saturated carbocycles. The van der Waals surface area contributed by atoms with E-state index < -0.39 is 275 Å². The van der Waals surface area contributed by atoms with Crippen molar-refractivity contribution in [2.75, 3.05) is 46.2 Å². The second kappa shape index (κ2) is 28.1. The number of ether oxygens (including phenoxy) is 14. The SMILES string of the molecule is CC(C)(C)[Si](C)(C)O[C@H]1[C@H]2O[C@H]3[C@@H](O)[C@H](O)[C@@H](O[C@H]4[C@@H](O)[C@H](O)[C@@H](O[C@H]5[C@@H](O)[C@H](O)[C@@H](O[C@H]6[C@H](O)[C@@H](O)[C@@H](O[C@H]7[C@H](O)[C@@H](O)[C@@H](O[C@H]8[C@H](O)[C@@H](O)[C@@H](O[C@@H]([C@@H]1O)[C@@H](CO)O2)O[C@@H]8CO)O[C@@H]7CO)O[C@@H]6CO)O[C@@H]5CO)O[C@@H]4CO)O[C@@H]3CO. The highest BCUT2D eigenvalue weighted by Gasteiger charge is 2.60. The van der Waals surface area contributed by atoms with E-state index in [0.29, 0.717) is 0 Å². The molecule has 0 amide bonds. The molecule has 15 aliphatic rings. The summed E-state index contributed by atoms with van der Waals surface area (Å²) in [7, 11) is -3.08. The van der Waals surface area contributed by atoms with Gasteiger partial charge in [-0.25, -0.2) is 0 Å². The topological polar surface area (TPSA) is 543 Å². The molecule has 14 bridgehead atoms. The molecule has 0 unspecified atom stereocenters. The molecule has 490 valence electrons. The summed E-state index contributed by atoms with van der Waals surface area (Å²) in [6, 6.07) is 0. The minimum Gasteiger partial charge on any atom is -0.406 e. The Morgan fingerprint density at radius 3 is 0.607 bits per heavy atom. The monoisotopic (exact) mass is 1250 g/mol. The van der Waals surface area contributed by atoms with Crippen LogP contribution in [0.5, 0.6) is 0 Å². The number of aliphatic hydroxyl groups excluding tert-OH is 20. The Morgan fingerprint density at radius 2 is 0.429 bits per heavy atom. The Balaban J connectivity index is 1.12. The number of rotatable bonds is 9. The summed E-state index contributed by atoms with van der Waals surface area (Å²) in [5.41, 5.74) is 0. The minimum atomic E-state index is -3.08. The number of fused-ring (bicyclic) bond motifs is 7. The third-order valence-corrected chi connectivity index (χ3v) is 21.5. The van der Waals surface area contributed by atoms with Gasteiger partial charge in [-0.1, -0.05) is 20.8 Å². The summed E-state index contributed by atoms with van der Waals surface area (Å²) in [5.74, 6) is 0. The number of hydrogen-bond donors (Lipinski definition) is 20. The van der Waals surface area contributed by atoms with Gasteiger partial charge in [0.05, 0.1) is 46.2 Å². The van der Waals surface area contributed by atoms with E-state index >= 15 is 0 Å². The van der Waals surface area contributed by atoms with Crippen LogP contribution in [0.3, 0.4) is 0 Å². The van der Waals surface area contributed by atoms with Gasteiger partial charge in [0.1, 0.15) is 171 Å². The summed E-state index contributed by atoms with van der Waals surface area (Å²) in [5, 5.41) is 223. The summed E-state index contributed by atoms with van der Waals surface area (Å²) in [6.07, 6.45) is -68.7. The first kappa shape index (κ1) is 68.7. The van der Waals surface area contributed by atoms with E-state index in [9.17, 15) is 102 Å². The van der Waals surface area contributed by atoms with Crippen molar-refractivity contribution in [2.24, 2.45) is 0 Å². The fourth-order valence-electron chi connectivity index (χ4n) is 11.0. The molecule has 0 spiro atoms. The van der Waals surface area contributed by atoms with Crippen LogP contribution in [0.4, 0.5) is 0 Å². The smallest absolute Gasteiger partial charge is 0.192 e. The average molecular weight is 1250 g/mol. The molecule has 0 aliphatic carbocycles. The number of aliphatic hydroxyl groups is 20. The maximum Gasteiger partial charge on any atom is 0.192 e. The van der Waals surface area contributed by atoms with Gasteiger partial charge in [0, 0.05) is 0 Å². The largest absolute Gasteiger partial charge is 0.406 e. The molecule has 36 heteroatoms. The zero-order valence-electron chi connectivity index (χ0n) is 46.2. The molecular weight excluding hydrogens is 1160 g/mol. The molecule has 15 fully saturated rings. The molecule has 15 aliphatic heterocycles. The predicted octanol–water partition coefficient (Wildman–Crippen LogP) is -12.2. The van der Waals surface area contributed by atoms with Gasteiger partial charge >= 0.3 is 0 Å². The van der Waals surface area contributed by atoms with E-state index in [4.69, 9.17) is 70.7 Å². The van der Waals surface area contributed by atoms with Crippen molar-refractivity contribution < 1.29 is 173 Å². The minimum absolute atomic E-state index is 0.610. The van der Waals surface area contributed by atoms with Crippen molar-refractivity contribution in [1.82, 2.24) is 0 Å². The summed E-state index contributed by atoms with van der Waals surface area (Å²) in [4.78, 5) is 0. The van der Waals surface area contributed by atoms with Crippen LogP contribution in [-0.4, -0.2) is 372 Å². The van der Waals surface area contributed by atoms with Crippen molar-refractivity contribution in [3.63, 3.8) is 0 Å². The second-order valence-electron chi connectivity index (χ2n) is 23.5. The first-order chi connectivity index (χ1) is 39.6. The first-order valence-electron chi connectivity index (χ1n) is 27.6. The molecule has 35 nitrogen and oxygen atoms in total. The zero-order chi connectivity index (χ0) is 61.8. The molecule has 0 aromatic carbocycles. The molecular formula is C48H84O35Si. The van der Waals surface area contributed by atoms with Crippen LogP contribution in [0.25, 0.3) is 0 Å². The van der Waals surface area contributed by atoms with Crippen molar-refractivity contribution in [1.29, 1.82) is 0 Å². The van der Waals surface area contributed by atoms with Crippen LogP contribution in [0.1, 0.15) is 20.8 Å². The van der Waals surface area contributed by atoms with Crippen LogP contribution >= 0.6 is 0 Å². The fraction of sp³-hybridized carbons (Fsp3) is 1.00. The lowest BCUT2D eigenvalue weighted by atomic mass is 9.95. The summed E-state index contributed by atoms with van der Waals surface area (Å²) >= 11 is 0. The van der Waals surface area contributed by atoms with Crippen LogP contribution in [-0.2, 0) is 70.7 Å². The van der Waals surface area contributed by atoms with E-state index in [2.05, 4.69) is 0 Å². The Kier molecular flexibility index (Phi) is 23.0. The highest BCUT2D eigenvalue weighted by molar-refractivity contribution is 6.74. The molecule has 35 atom stereocenters. The third-order valence-electron chi connectivity index (χ3n) is 17.0. The van der Waals surface area contributed by atoms with Gasteiger partial charge in [-0.3, -0.25) is 0 Å². The first-order valence-corrected chi connectivity index (χ1v) is 30.5. The normalized spacial score (nSPS) is 52.2.